The molecular weight excluding hydrogens is 444 g/mol. The molecule has 3 amide bonds. The third-order valence-corrected chi connectivity index (χ3v) is 6.82. The first-order valence-corrected chi connectivity index (χ1v) is 12.0. The Morgan fingerprint density at radius 1 is 0.970 bits per heavy atom. The predicted molar refractivity (Wildman–Crippen MR) is 123 cm³/mol. The van der Waals surface area contributed by atoms with E-state index in [0.717, 1.165) is 25.9 Å². The Balaban J connectivity index is 1.21. The molecule has 0 aliphatic carbocycles. The molecule has 0 spiro atoms. The minimum Gasteiger partial charge on any atom is -0.342 e. The maximum Gasteiger partial charge on any atom is 0.253 e. The van der Waals surface area contributed by atoms with Gasteiger partial charge in [0.05, 0.1) is 12.3 Å². The fraction of sp³-hybridized carbons (Fsp3) is 0.524. The van der Waals surface area contributed by atoms with Gasteiger partial charge in [0.25, 0.3) is 5.91 Å². The van der Waals surface area contributed by atoms with Crippen LogP contribution in [-0.4, -0.2) is 104 Å². The highest BCUT2D eigenvalue weighted by Crippen LogP contribution is 2.16. The van der Waals surface area contributed by atoms with E-state index in [9.17, 15) is 14.4 Å². The van der Waals surface area contributed by atoms with Gasteiger partial charge in [0.2, 0.25) is 17.0 Å². The Morgan fingerprint density at radius 3 is 2.30 bits per heavy atom. The second-order valence-electron chi connectivity index (χ2n) is 8.16. The maximum atomic E-state index is 12.9. The summed E-state index contributed by atoms with van der Waals surface area (Å²) in [6, 6.07) is 6.90. The number of hydrogen-bond acceptors (Lipinski definition) is 8. The molecular formula is C21H28N8O3S. The molecule has 0 saturated carbocycles. The van der Waals surface area contributed by atoms with Gasteiger partial charge in [-0.2, -0.15) is 0 Å². The molecule has 1 aromatic heterocycles. The van der Waals surface area contributed by atoms with E-state index in [0.29, 0.717) is 49.1 Å². The number of benzene rings is 1. The summed E-state index contributed by atoms with van der Waals surface area (Å²) in [6.07, 6.45) is 2.19. The number of rotatable bonds is 7. The zero-order valence-electron chi connectivity index (χ0n) is 18.6. The molecule has 176 valence electrons. The number of aryl methyl sites for hydroxylation is 1. The zero-order chi connectivity index (χ0) is 23.2. The van der Waals surface area contributed by atoms with Crippen LogP contribution >= 0.6 is 11.8 Å². The smallest absolute Gasteiger partial charge is 0.253 e. The van der Waals surface area contributed by atoms with Crippen LogP contribution in [-0.2, 0) is 16.6 Å². The Kier molecular flexibility index (Phi) is 7.55. The average Bonchev–Trinajstić information content (AvgIpc) is 3.50. The summed E-state index contributed by atoms with van der Waals surface area (Å²) in [7, 11) is 1.71. The van der Waals surface area contributed by atoms with Crippen molar-refractivity contribution < 1.29 is 14.4 Å². The van der Waals surface area contributed by atoms with E-state index in [1.165, 1.54) is 16.4 Å². The van der Waals surface area contributed by atoms with E-state index in [4.69, 9.17) is 0 Å². The second-order valence-corrected chi connectivity index (χ2v) is 9.10. The Hall–Kier alpha value is -2.99. The van der Waals surface area contributed by atoms with Crippen molar-refractivity contribution in [3.8, 4) is 0 Å². The van der Waals surface area contributed by atoms with Gasteiger partial charge in [-0.1, -0.05) is 11.8 Å². The summed E-state index contributed by atoms with van der Waals surface area (Å²) in [5, 5.41) is 14.5. The summed E-state index contributed by atoms with van der Waals surface area (Å²) in [6.45, 7) is 4.74. The van der Waals surface area contributed by atoms with Crippen molar-refractivity contribution in [2.24, 2.45) is 7.05 Å². The van der Waals surface area contributed by atoms with Crippen LogP contribution in [0.1, 0.15) is 23.2 Å². The lowest BCUT2D eigenvalue weighted by atomic mass is 10.1. The molecule has 0 bridgehead atoms. The predicted octanol–water partition coefficient (Wildman–Crippen LogP) is 0.321. The number of likely N-dealkylation sites (tertiary alicyclic amines) is 1. The van der Waals surface area contributed by atoms with E-state index >= 15 is 0 Å². The molecule has 2 aliphatic heterocycles. The minimum atomic E-state index is -0.179. The second kappa shape index (κ2) is 10.8. The summed E-state index contributed by atoms with van der Waals surface area (Å²) in [4.78, 5) is 43.2. The van der Waals surface area contributed by atoms with Gasteiger partial charge in [0, 0.05) is 57.6 Å². The molecule has 3 heterocycles. The van der Waals surface area contributed by atoms with Gasteiger partial charge in [-0.15, -0.1) is 5.10 Å². The van der Waals surface area contributed by atoms with Gasteiger partial charge >= 0.3 is 0 Å². The standard InChI is InChI=1S/C21H28N8O3S/c1-26-21(23-24-25-26)33-15-18(30)22-17-6-4-16(5-7-17)20(32)29-12-10-27(11-13-29)14-19(31)28-8-2-3-9-28/h4-7H,2-3,8-15H2,1H3,(H,22,30). The SMILES string of the molecule is Cn1nnnc1SCC(=O)Nc1ccc(C(=O)N2CCN(CC(=O)N3CCCC3)CC2)cc1. The monoisotopic (exact) mass is 472 g/mol. The van der Waals surface area contributed by atoms with Crippen LogP contribution in [0.25, 0.3) is 0 Å². The molecule has 0 unspecified atom stereocenters. The fourth-order valence-corrected chi connectivity index (χ4v) is 4.57. The van der Waals surface area contributed by atoms with Crippen molar-refractivity contribution in [3.63, 3.8) is 0 Å². The molecule has 33 heavy (non-hydrogen) atoms. The van der Waals surface area contributed by atoms with Gasteiger partial charge in [-0.05, 0) is 47.5 Å². The van der Waals surface area contributed by atoms with Crippen molar-refractivity contribution in [3.05, 3.63) is 29.8 Å². The molecule has 0 radical (unpaired) electrons. The van der Waals surface area contributed by atoms with Crippen molar-refractivity contribution in [2.75, 3.05) is 56.9 Å². The van der Waals surface area contributed by atoms with Gasteiger partial charge in [-0.25, -0.2) is 4.68 Å². The van der Waals surface area contributed by atoms with Gasteiger partial charge in [0.15, 0.2) is 0 Å². The molecule has 2 fully saturated rings. The van der Waals surface area contributed by atoms with E-state index in [-0.39, 0.29) is 23.5 Å². The minimum absolute atomic E-state index is 0.0382. The molecule has 0 atom stereocenters. The highest BCUT2D eigenvalue weighted by molar-refractivity contribution is 7.99. The molecule has 2 aliphatic rings. The zero-order valence-corrected chi connectivity index (χ0v) is 19.5. The van der Waals surface area contributed by atoms with Crippen LogP contribution in [0, 0.1) is 0 Å². The van der Waals surface area contributed by atoms with Crippen molar-refractivity contribution in [2.45, 2.75) is 18.0 Å². The van der Waals surface area contributed by atoms with Gasteiger partial charge < -0.3 is 15.1 Å². The van der Waals surface area contributed by atoms with E-state index < -0.39 is 0 Å². The number of amides is 3. The molecule has 2 saturated heterocycles. The van der Waals surface area contributed by atoms with Gasteiger partial charge in [0.1, 0.15) is 0 Å². The fourth-order valence-electron chi connectivity index (χ4n) is 3.92. The van der Waals surface area contributed by atoms with Gasteiger partial charge in [-0.3, -0.25) is 19.3 Å². The van der Waals surface area contributed by atoms with Crippen LogP contribution in [0.2, 0.25) is 0 Å². The number of thioether (sulfide) groups is 1. The van der Waals surface area contributed by atoms with Crippen molar-refractivity contribution in [1.82, 2.24) is 34.9 Å². The quantitative estimate of drug-likeness (QED) is 0.573. The molecule has 12 heteroatoms. The maximum absolute atomic E-state index is 12.9. The summed E-state index contributed by atoms with van der Waals surface area (Å²) >= 11 is 1.24. The van der Waals surface area contributed by atoms with E-state index in [2.05, 4.69) is 25.7 Å². The summed E-state index contributed by atoms with van der Waals surface area (Å²) < 4.78 is 1.50. The largest absolute Gasteiger partial charge is 0.342 e. The van der Waals surface area contributed by atoms with Crippen LogP contribution in [0.4, 0.5) is 5.69 Å². The molecule has 11 nitrogen and oxygen atoms in total. The number of carbonyl (C=O) groups excluding carboxylic acids is 3. The topological polar surface area (TPSA) is 117 Å². The normalized spacial score (nSPS) is 16.8. The number of nitrogens with one attached hydrogen (secondary N) is 1. The number of hydrogen-bond donors (Lipinski definition) is 1. The number of aromatic nitrogens is 4. The number of anilines is 1. The average molecular weight is 473 g/mol. The van der Waals surface area contributed by atoms with E-state index in [1.54, 1.807) is 31.3 Å². The number of nitrogens with zero attached hydrogens (tertiary/aromatic N) is 7. The lowest BCUT2D eigenvalue weighted by molar-refractivity contribution is -0.131. The molecule has 1 aromatic carbocycles. The Morgan fingerprint density at radius 2 is 1.67 bits per heavy atom. The lowest BCUT2D eigenvalue weighted by Gasteiger charge is -2.35. The molecule has 4 rings (SSSR count). The first-order chi connectivity index (χ1) is 16.0. The van der Waals surface area contributed by atoms with Crippen LogP contribution in [0.5, 0.6) is 0 Å². The molecule has 2 aromatic rings. The van der Waals surface area contributed by atoms with Crippen molar-refractivity contribution in [1.29, 1.82) is 0 Å². The Bertz CT molecular complexity index is 982. The Labute approximate surface area is 196 Å². The van der Waals surface area contributed by atoms with Crippen LogP contribution < -0.4 is 5.32 Å². The van der Waals surface area contributed by atoms with E-state index in [1.807, 2.05) is 9.80 Å². The first-order valence-electron chi connectivity index (χ1n) is 11.0. The number of tetrazole rings is 1. The van der Waals surface area contributed by atoms with Crippen LogP contribution in [0.3, 0.4) is 0 Å². The highest BCUT2D eigenvalue weighted by Gasteiger charge is 2.25. The number of piperazine rings is 1. The van der Waals surface area contributed by atoms with Crippen LogP contribution in [0.15, 0.2) is 29.4 Å². The highest BCUT2D eigenvalue weighted by atomic mass is 32.2. The molecule has 1 N–H and O–H groups in total. The third-order valence-electron chi connectivity index (χ3n) is 5.81. The summed E-state index contributed by atoms with van der Waals surface area (Å²) in [5.74, 6) is 0.154. The first kappa shape index (κ1) is 23.2. The van der Waals surface area contributed by atoms with Crippen molar-refractivity contribution >= 4 is 35.2 Å². The summed E-state index contributed by atoms with van der Waals surface area (Å²) in [5.41, 5.74) is 1.20. The number of carbonyl (C=O) groups is 3. The lowest BCUT2D eigenvalue weighted by Crippen LogP contribution is -2.51. The third kappa shape index (κ3) is 6.08.